The molecule has 3 rings (SSSR count). The van der Waals surface area contributed by atoms with Crippen molar-refractivity contribution < 1.29 is 53.1 Å². The average Bonchev–Trinajstić information content (AvgIpc) is 2.87. The monoisotopic (exact) mass is 550 g/mol. The number of rotatable bonds is 9. The molecule has 0 spiro atoms. The fraction of sp³-hybridized carbons (Fsp3) is 0.480. The molecule has 0 radical (unpaired) electrons. The van der Waals surface area contributed by atoms with Crippen LogP contribution in [0.25, 0.3) is 11.0 Å². The zero-order valence-corrected chi connectivity index (χ0v) is 21.7. The maximum atomic E-state index is 12.5. The molecule has 0 bridgehead atoms. The molecule has 2 aromatic rings. The van der Waals surface area contributed by atoms with Crippen molar-refractivity contribution in [1.29, 1.82) is 0 Å². The summed E-state index contributed by atoms with van der Waals surface area (Å²) in [6.07, 6.45) is -1.12. The highest BCUT2D eigenvalue weighted by molar-refractivity contribution is 6.02. The molecule has 14 heteroatoms. The number of nitrogens with one attached hydrogen (secondary N) is 2. The summed E-state index contributed by atoms with van der Waals surface area (Å²) in [5.41, 5.74) is -0.705. The SMILES string of the molecule is C#CCONC(=O)O[C@H]1[C@@H](O)[C@H](Oc2ccc3c(O)c(C(=O)NCCO)c(=O)oc3c2C)OC(C)(C)[C@@H]1OC. The zero-order chi connectivity index (χ0) is 28.9. The van der Waals surface area contributed by atoms with Crippen molar-refractivity contribution in [2.45, 2.75) is 51.0 Å². The van der Waals surface area contributed by atoms with Gasteiger partial charge in [0.05, 0.1) is 17.6 Å². The van der Waals surface area contributed by atoms with E-state index in [0.29, 0.717) is 0 Å². The molecule has 212 valence electrons. The van der Waals surface area contributed by atoms with E-state index >= 15 is 0 Å². The summed E-state index contributed by atoms with van der Waals surface area (Å²) in [5.74, 6) is 0.734. The van der Waals surface area contributed by atoms with Crippen molar-refractivity contribution >= 4 is 23.0 Å². The summed E-state index contributed by atoms with van der Waals surface area (Å²) >= 11 is 0. The predicted octanol–water partition coefficient (Wildman–Crippen LogP) is 0.0783. The minimum atomic E-state index is -1.56. The van der Waals surface area contributed by atoms with Crippen LogP contribution in [0.1, 0.15) is 29.8 Å². The number of aromatic hydroxyl groups is 1. The number of aliphatic hydroxyl groups is 2. The third-order valence-corrected chi connectivity index (χ3v) is 5.94. The van der Waals surface area contributed by atoms with Gasteiger partial charge in [0, 0.05) is 19.2 Å². The molecule has 1 aromatic carbocycles. The second-order valence-corrected chi connectivity index (χ2v) is 8.98. The van der Waals surface area contributed by atoms with Crippen LogP contribution >= 0.6 is 0 Å². The number of hydroxylamine groups is 1. The summed E-state index contributed by atoms with van der Waals surface area (Å²) in [6.45, 7) is 4.10. The van der Waals surface area contributed by atoms with Gasteiger partial charge in [-0.3, -0.25) is 9.63 Å². The average molecular weight is 551 g/mol. The number of hydrogen-bond donors (Lipinski definition) is 5. The van der Waals surface area contributed by atoms with Crippen LogP contribution in [-0.4, -0.2) is 84.4 Å². The highest BCUT2D eigenvalue weighted by Crippen LogP contribution is 2.37. The van der Waals surface area contributed by atoms with E-state index in [1.54, 1.807) is 13.8 Å². The molecule has 0 aliphatic carbocycles. The number of carbonyl (C=O) groups is 2. The van der Waals surface area contributed by atoms with Crippen molar-refractivity contribution in [3.05, 3.63) is 33.7 Å². The Bertz CT molecular complexity index is 1310. The molecular formula is C25H30N2O12. The van der Waals surface area contributed by atoms with Gasteiger partial charge >= 0.3 is 11.7 Å². The molecule has 5 N–H and O–H groups in total. The Kier molecular flexibility index (Phi) is 9.38. The van der Waals surface area contributed by atoms with Crippen LogP contribution in [0.15, 0.2) is 21.3 Å². The third kappa shape index (κ3) is 6.24. The molecule has 1 fully saturated rings. The van der Waals surface area contributed by atoms with Crippen LogP contribution in [0.3, 0.4) is 0 Å². The Balaban J connectivity index is 1.92. The summed E-state index contributed by atoms with van der Waals surface area (Å²) in [5, 5.41) is 32.9. The van der Waals surface area contributed by atoms with Gasteiger partial charge in [-0.2, -0.15) is 5.48 Å². The lowest BCUT2D eigenvalue weighted by Crippen LogP contribution is -2.65. The van der Waals surface area contributed by atoms with Crippen molar-refractivity contribution in [2.75, 3.05) is 26.9 Å². The van der Waals surface area contributed by atoms with Gasteiger partial charge in [-0.1, -0.05) is 5.92 Å². The van der Waals surface area contributed by atoms with Gasteiger partial charge in [0.25, 0.3) is 5.91 Å². The molecule has 1 aromatic heterocycles. The van der Waals surface area contributed by atoms with Gasteiger partial charge < -0.3 is 44.0 Å². The molecule has 1 aliphatic rings. The number of ether oxygens (including phenoxy) is 4. The van der Waals surface area contributed by atoms with E-state index in [-0.39, 0.29) is 42.0 Å². The lowest BCUT2D eigenvalue weighted by atomic mass is 9.89. The largest absolute Gasteiger partial charge is 0.506 e. The van der Waals surface area contributed by atoms with E-state index in [2.05, 4.69) is 11.2 Å². The Morgan fingerprint density at radius 3 is 2.64 bits per heavy atom. The first-order chi connectivity index (χ1) is 18.5. The standard InChI is InChI=1S/C25H30N2O12/c1-6-11-35-27-24(33)38-19-17(30)23(39-25(3,4)20(19)34-5)36-14-8-7-13-16(29)15(21(31)26-9-10-28)22(32)37-18(13)12(14)2/h1,7-8,17,19-20,23,28-30H,9-11H2,2-5H3,(H,26,31)(H,27,33)/t17-,19+,20-,23-/m1/s1. The van der Waals surface area contributed by atoms with Gasteiger partial charge in [-0.05, 0) is 32.9 Å². The van der Waals surface area contributed by atoms with Crippen LogP contribution in [0.2, 0.25) is 0 Å². The summed E-state index contributed by atoms with van der Waals surface area (Å²) in [4.78, 5) is 41.7. The fourth-order valence-corrected chi connectivity index (χ4v) is 4.17. The second-order valence-electron chi connectivity index (χ2n) is 8.98. The van der Waals surface area contributed by atoms with Crippen LogP contribution in [0.4, 0.5) is 4.79 Å². The van der Waals surface area contributed by atoms with E-state index in [9.17, 15) is 24.6 Å². The normalized spacial score (nSPS) is 22.1. The number of fused-ring (bicyclic) bond motifs is 1. The smallest absolute Gasteiger partial charge is 0.431 e. The number of aliphatic hydroxyl groups excluding tert-OH is 2. The zero-order valence-electron chi connectivity index (χ0n) is 21.7. The van der Waals surface area contributed by atoms with Gasteiger partial charge in [0.2, 0.25) is 6.29 Å². The number of terminal acetylenes is 1. The van der Waals surface area contributed by atoms with E-state index in [1.807, 2.05) is 5.48 Å². The van der Waals surface area contributed by atoms with Gasteiger partial charge in [0.15, 0.2) is 17.8 Å². The number of aryl methyl sites for hydroxylation is 1. The third-order valence-electron chi connectivity index (χ3n) is 5.94. The molecular weight excluding hydrogens is 520 g/mol. The second kappa shape index (κ2) is 12.3. The molecule has 2 amide bonds. The molecule has 2 heterocycles. The fourth-order valence-electron chi connectivity index (χ4n) is 4.17. The Morgan fingerprint density at radius 1 is 1.28 bits per heavy atom. The summed E-state index contributed by atoms with van der Waals surface area (Å²) < 4.78 is 27.9. The molecule has 14 nitrogen and oxygen atoms in total. The lowest BCUT2D eigenvalue weighted by Gasteiger charge is -2.47. The maximum Gasteiger partial charge on any atom is 0.431 e. The van der Waals surface area contributed by atoms with Crippen LogP contribution in [0.5, 0.6) is 11.5 Å². The summed E-state index contributed by atoms with van der Waals surface area (Å²) in [6, 6.07) is 2.76. The number of hydrogen-bond acceptors (Lipinski definition) is 12. The molecule has 39 heavy (non-hydrogen) atoms. The molecule has 4 atom stereocenters. The van der Waals surface area contributed by atoms with E-state index in [0.717, 1.165) is 0 Å². The quantitative estimate of drug-likeness (QED) is 0.122. The minimum absolute atomic E-state index is 0.0448. The number of methoxy groups -OCH3 is 1. The topological polar surface area (TPSA) is 195 Å². The van der Waals surface area contributed by atoms with E-state index in [4.69, 9.17) is 39.7 Å². The first kappa shape index (κ1) is 29.7. The molecule has 1 aliphatic heterocycles. The highest BCUT2D eigenvalue weighted by atomic mass is 16.7. The Morgan fingerprint density at radius 2 is 2.00 bits per heavy atom. The molecule has 0 unspecified atom stereocenters. The predicted molar refractivity (Wildman–Crippen MR) is 133 cm³/mol. The highest BCUT2D eigenvalue weighted by Gasteiger charge is 2.53. The minimum Gasteiger partial charge on any atom is -0.506 e. The Hall–Kier alpha value is -3.87. The summed E-state index contributed by atoms with van der Waals surface area (Å²) in [7, 11) is 1.35. The number of amides is 2. The lowest BCUT2D eigenvalue weighted by molar-refractivity contribution is -0.305. The molecule has 0 saturated carbocycles. The Labute approximate surface area is 222 Å². The van der Waals surface area contributed by atoms with E-state index < -0.39 is 59.1 Å². The van der Waals surface area contributed by atoms with Gasteiger partial charge in [-0.25, -0.2) is 9.59 Å². The van der Waals surface area contributed by atoms with Crippen LogP contribution in [-0.2, 0) is 19.0 Å². The maximum absolute atomic E-state index is 12.5. The van der Waals surface area contributed by atoms with Crippen molar-refractivity contribution in [3.63, 3.8) is 0 Å². The first-order valence-electron chi connectivity index (χ1n) is 11.7. The first-order valence-corrected chi connectivity index (χ1v) is 11.7. The van der Waals surface area contributed by atoms with Crippen molar-refractivity contribution in [3.8, 4) is 23.8 Å². The van der Waals surface area contributed by atoms with Crippen LogP contribution < -0.4 is 21.2 Å². The van der Waals surface area contributed by atoms with Crippen molar-refractivity contribution in [2.24, 2.45) is 0 Å². The number of benzene rings is 1. The van der Waals surface area contributed by atoms with Gasteiger partial charge in [-0.15, -0.1) is 6.42 Å². The van der Waals surface area contributed by atoms with Crippen LogP contribution in [0, 0.1) is 19.3 Å². The van der Waals surface area contributed by atoms with E-state index in [1.165, 1.54) is 26.2 Å². The molecule has 1 saturated heterocycles. The van der Waals surface area contributed by atoms with Crippen molar-refractivity contribution in [1.82, 2.24) is 10.8 Å². The van der Waals surface area contributed by atoms with Gasteiger partial charge in [0.1, 0.15) is 29.8 Å². The number of carbonyl (C=O) groups excluding carboxylic acids is 2.